The molecule has 5 N–H and O–H groups in total. The first kappa shape index (κ1) is 28.6. The number of amides is 1. The van der Waals surface area contributed by atoms with Gasteiger partial charge >= 0.3 is 0 Å². The van der Waals surface area contributed by atoms with Crippen LogP contribution >= 0.6 is 0 Å². The zero-order chi connectivity index (χ0) is 28.9. The Morgan fingerprint density at radius 1 is 1.12 bits per heavy atom. The standard InChI is InChI=1S/C28H30N4O7S/c1-28(20-8-10-22(38-2)11-9-20,27(35)31-21-6-4-5-19(15-21)26-29-13-14-39-26)30-17-25(34)18-7-12-24(33)23(16-18)32-40(3,36)37/h4-16,25,30,32-34H,17H2,1-3H3,(H,31,35)/t25?,28-/m0/s1. The van der Waals surface area contributed by atoms with E-state index in [1.165, 1.54) is 30.7 Å². The molecule has 1 unspecified atom stereocenters. The molecule has 11 nitrogen and oxygen atoms in total. The van der Waals surface area contributed by atoms with E-state index in [1.807, 2.05) is 6.07 Å². The lowest BCUT2D eigenvalue weighted by atomic mass is 9.90. The highest BCUT2D eigenvalue weighted by Gasteiger charge is 2.36. The summed E-state index contributed by atoms with van der Waals surface area (Å²) in [5.74, 6) is 0.331. The Kier molecular flexibility index (Phi) is 8.43. The molecule has 0 aliphatic rings. The number of aliphatic hydroxyl groups is 1. The lowest BCUT2D eigenvalue weighted by Crippen LogP contribution is -2.50. The maximum Gasteiger partial charge on any atom is 0.249 e. The second-order valence-electron chi connectivity index (χ2n) is 9.27. The minimum atomic E-state index is -3.66. The molecule has 1 heterocycles. The molecule has 4 rings (SSSR count). The van der Waals surface area contributed by atoms with E-state index in [1.54, 1.807) is 56.5 Å². The van der Waals surface area contributed by atoms with E-state index in [2.05, 4.69) is 20.3 Å². The number of hydrogen-bond donors (Lipinski definition) is 5. The summed E-state index contributed by atoms with van der Waals surface area (Å²) in [5, 5.41) is 27.1. The summed E-state index contributed by atoms with van der Waals surface area (Å²) < 4.78 is 36.1. The van der Waals surface area contributed by atoms with Gasteiger partial charge in [-0.1, -0.05) is 24.3 Å². The van der Waals surface area contributed by atoms with E-state index >= 15 is 0 Å². The van der Waals surface area contributed by atoms with Crippen molar-refractivity contribution in [1.82, 2.24) is 10.3 Å². The van der Waals surface area contributed by atoms with Crippen molar-refractivity contribution in [2.24, 2.45) is 0 Å². The fourth-order valence-electron chi connectivity index (χ4n) is 4.05. The Morgan fingerprint density at radius 2 is 1.88 bits per heavy atom. The highest BCUT2D eigenvalue weighted by Crippen LogP contribution is 2.30. The number of phenols is 1. The van der Waals surface area contributed by atoms with Crippen LogP contribution in [0.2, 0.25) is 0 Å². The zero-order valence-electron chi connectivity index (χ0n) is 22.1. The Morgan fingerprint density at radius 3 is 2.52 bits per heavy atom. The van der Waals surface area contributed by atoms with Crippen LogP contribution in [0.4, 0.5) is 11.4 Å². The number of nitrogens with one attached hydrogen (secondary N) is 3. The summed E-state index contributed by atoms with van der Waals surface area (Å²) in [5.41, 5.74) is 0.734. The number of nitrogens with zero attached hydrogens (tertiary/aromatic N) is 1. The molecule has 0 bridgehead atoms. The number of carbonyl (C=O) groups excluding carboxylic acids is 1. The molecule has 0 aliphatic heterocycles. The van der Waals surface area contributed by atoms with Gasteiger partial charge in [-0.05, 0) is 60.5 Å². The summed E-state index contributed by atoms with van der Waals surface area (Å²) in [6.45, 7) is 1.59. The third-order valence-corrected chi connectivity index (χ3v) is 6.86. The van der Waals surface area contributed by atoms with Gasteiger partial charge in [0.2, 0.25) is 21.8 Å². The Bertz CT molecular complexity index is 1570. The summed E-state index contributed by atoms with van der Waals surface area (Å²) in [4.78, 5) is 17.9. The minimum absolute atomic E-state index is 0.0689. The van der Waals surface area contributed by atoms with E-state index in [-0.39, 0.29) is 18.0 Å². The van der Waals surface area contributed by atoms with Gasteiger partial charge in [0.15, 0.2) is 0 Å². The normalized spacial score (nSPS) is 13.7. The van der Waals surface area contributed by atoms with Crippen LogP contribution in [0.3, 0.4) is 0 Å². The highest BCUT2D eigenvalue weighted by atomic mass is 32.2. The molecule has 0 saturated heterocycles. The Hall–Kier alpha value is -4.39. The SMILES string of the molecule is COc1ccc([C@](C)(NCC(O)c2ccc(O)c(NS(C)(=O)=O)c2)C(=O)Nc2cccc(-c3ncco3)c2)cc1. The number of sulfonamides is 1. The van der Waals surface area contributed by atoms with Crippen molar-refractivity contribution < 1.29 is 32.6 Å². The molecule has 0 spiro atoms. The second kappa shape index (κ2) is 11.8. The first-order valence-corrected chi connectivity index (χ1v) is 14.1. The number of rotatable bonds is 11. The number of methoxy groups -OCH3 is 1. The average molecular weight is 567 g/mol. The van der Waals surface area contributed by atoms with Crippen molar-refractivity contribution in [1.29, 1.82) is 0 Å². The van der Waals surface area contributed by atoms with Crippen molar-refractivity contribution in [2.75, 3.05) is 29.9 Å². The van der Waals surface area contributed by atoms with Crippen LogP contribution in [-0.4, -0.2) is 49.4 Å². The monoisotopic (exact) mass is 566 g/mol. The fourth-order valence-corrected chi connectivity index (χ4v) is 4.61. The number of oxazole rings is 1. The molecule has 12 heteroatoms. The molecule has 2 atom stereocenters. The zero-order valence-corrected chi connectivity index (χ0v) is 22.9. The predicted octanol–water partition coefficient (Wildman–Crippen LogP) is 3.60. The minimum Gasteiger partial charge on any atom is -0.506 e. The highest BCUT2D eigenvalue weighted by molar-refractivity contribution is 7.92. The van der Waals surface area contributed by atoms with Gasteiger partial charge < -0.3 is 24.7 Å². The molecule has 1 aromatic heterocycles. The third-order valence-electron chi connectivity index (χ3n) is 6.27. The van der Waals surface area contributed by atoms with Crippen LogP contribution in [0.5, 0.6) is 11.5 Å². The van der Waals surface area contributed by atoms with E-state index in [9.17, 15) is 23.4 Å². The van der Waals surface area contributed by atoms with Crippen LogP contribution in [0.25, 0.3) is 11.5 Å². The second-order valence-corrected chi connectivity index (χ2v) is 11.0. The first-order chi connectivity index (χ1) is 19.0. The maximum atomic E-state index is 13.8. The van der Waals surface area contributed by atoms with Gasteiger partial charge in [-0.3, -0.25) is 14.8 Å². The summed E-state index contributed by atoms with van der Waals surface area (Å²) in [6.07, 6.45) is 2.80. The van der Waals surface area contributed by atoms with Crippen LogP contribution in [-0.2, 0) is 20.4 Å². The number of hydrogen-bond acceptors (Lipinski definition) is 9. The summed E-state index contributed by atoms with van der Waals surface area (Å²) in [7, 11) is -2.12. The smallest absolute Gasteiger partial charge is 0.249 e. The maximum absolute atomic E-state index is 13.8. The summed E-state index contributed by atoms with van der Waals surface area (Å²) in [6, 6.07) is 18.1. The van der Waals surface area contributed by atoms with Gasteiger partial charge in [0.1, 0.15) is 23.3 Å². The molecular formula is C28H30N4O7S. The first-order valence-electron chi connectivity index (χ1n) is 12.2. The number of ether oxygens (including phenoxy) is 1. The van der Waals surface area contributed by atoms with E-state index < -0.39 is 27.6 Å². The molecule has 0 radical (unpaired) electrons. The molecule has 3 aromatic carbocycles. The van der Waals surface area contributed by atoms with E-state index in [0.29, 0.717) is 34.0 Å². The van der Waals surface area contributed by atoms with Crippen molar-refractivity contribution in [3.05, 3.63) is 90.3 Å². The fraction of sp³-hybridized carbons (Fsp3) is 0.214. The van der Waals surface area contributed by atoms with Crippen LogP contribution < -0.4 is 20.1 Å². The van der Waals surface area contributed by atoms with Gasteiger partial charge in [0.25, 0.3) is 0 Å². The van der Waals surface area contributed by atoms with Gasteiger partial charge in [-0.15, -0.1) is 0 Å². The van der Waals surface area contributed by atoms with Gasteiger partial charge in [0, 0.05) is 17.8 Å². The number of aromatic nitrogens is 1. The van der Waals surface area contributed by atoms with Crippen LogP contribution in [0, 0.1) is 0 Å². The molecule has 0 aliphatic carbocycles. The van der Waals surface area contributed by atoms with Crippen molar-refractivity contribution in [3.63, 3.8) is 0 Å². The van der Waals surface area contributed by atoms with Gasteiger partial charge in [0.05, 0.1) is 31.4 Å². The van der Waals surface area contributed by atoms with Gasteiger partial charge in [-0.2, -0.15) is 0 Å². The lowest BCUT2D eigenvalue weighted by molar-refractivity contribution is -0.122. The molecular weight excluding hydrogens is 536 g/mol. The van der Waals surface area contributed by atoms with E-state index in [4.69, 9.17) is 9.15 Å². The number of carbonyl (C=O) groups is 1. The Labute approximate surface area is 231 Å². The molecule has 0 fully saturated rings. The number of aromatic hydroxyl groups is 1. The predicted molar refractivity (Wildman–Crippen MR) is 150 cm³/mol. The topological polar surface area (TPSA) is 163 Å². The quantitative estimate of drug-likeness (QED) is 0.171. The third kappa shape index (κ3) is 6.78. The van der Waals surface area contributed by atoms with Crippen LogP contribution in [0.1, 0.15) is 24.2 Å². The number of anilines is 2. The van der Waals surface area contributed by atoms with Crippen molar-refractivity contribution in [3.8, 4) is 23.0 Å². The molecule has 0 saturated carbocycles. The van der Waals surface area contributed by atoms with Crippen molar-refractivity contribution in [2.45, 2.75) is 18.6 Å². The summed E-state index contributed by atoms with van der Waals surface area (Å²) >= 11 is 0. The van der Waals surface area contributed by atoms with Crippen molar-refractivity contribution >= 4 is 27.3 Å². The number of aliphatic hydroxyl groups excluding tert-OH is 1. The molecule has 1 amide bonds. The lowest BCUT2D eigenvalue weighted by Gasteiger charge is -2.31. The van der Waals surface area contributed by atoms with E-state index in [0.717, 1.165) is 6.26 Å². The number of phenolic OH excluding ortho intramolecular Hbond substituents is 1. The molecule has 4 aromatic rings. The average Bonchev–Trinajstić information content (AvgIpc) is 3.47. The number of benzene rings is 3. The van der Waals surface area contributed by atoms with Gasteiger partial charge in [-0.25, -0.2) is 13.4 Å². The molecule has 40 heavy (non-hydrogen) atoms. The molecule has 210 valence electrons. The largest absolute Gasteiger partial charge is 0.506 e. The van der Waals surface area contributed by atoms with Crippen LogP contribution in [0.15, 0.2) is 83.6 Å². The Balaban J connectivity index is 1.59.